The molecule has 0 amide bonds. The van der Waals surface area contributed by atoms with Gasteiger partial charge in [-0.25, -0.2) is 18.1 Å². The lowest BCUT2D eigenvalue weighted by atomic mass is 10.1. The third-order valence-corrected chi connectivity index (χ3v) is 6.80. The fourth-order valence-electron chi connectivity index (χ4n) is 3.61. The Morgan fingerprint density at radius 3 is 2.34 bits per heavy atom. The van der Waals surface area contributed by atoms with Crippen molar-refractivity contribution in [2.45, 2.75) is 30.6 Å². The molecule has 0 unspecified atom stereocenters. The maximum atomic E-state index is 12.5. The number of rotatable bonds is 10. The highest BCUT2D eigenvalue weighted by molar-refractivity contribution is 7.89. The van der Waals surface area contributed by atoms with Crippen LogP contribution in [0.2, 0.25) is 0 Å². The number of hydrogen-bond acceptors (Lipinski definition) is 6. The van der Waals surface area contributed by atoms with Crippen LogP contribution < -0.4 is 15.8 Å². The van der Waals surface area contributed by atoms with Gasteiger partial charge in [-0.3, -0.25) is 0 Å². The zero-order chi connectivity index (χ0) is 22.4. The van der Waals surface area contributed by atoms with E-state index < -0.39 is 10.0 Å². The second-order valence-electron chi connectivity index (χ2n) is 7.70. The normalized spacial score (nSPS) is 11.8. The number of benzene rings is 3. The van der Waals surface area contributed by atoms with Gasteiger partial charge >= 0.3 is 0 Å². The molecule has 1 aromatic heterocycles. The zero-order valence-electron chi connectivity index (χ0n) is 17.8. The Kier molecular flexibility index (Phi) is 6.82. The molecule has 32 heavy (non-hydrogen) atoms. The molecule has 4 N–H and O–H groups in total. The monoisotopic (exact) mass is 449 g/mol. The summed E-state index contributed by atoms with van der Waals surface area (Å²) in [6, 6.07) is 20.6. The first-order valence-electron chi connectivity index (χ1n) is 10.8. The molecule has 0 spiro atoms. The van der Waals surface area contributed by atoms with Gasteiger partial charge in [-0.15, -0.1) is 0 Å². The molecule has 0 radical (unpaired) electrons. The number of aromatic nitrogens is 2. The Morgan fingerprint density at radius 1 is 0.781 bits per heavy atom. The van der Waals surface area contributed by atoms with Gasteiger partial charge in [0.2, 0.25) is 16.0 Å². The number of nitrogen functional groups attached to an aromatic ring is 1. The molecule has 0 atom stereocenters. The van der Waals surface area contributed by atoms with Crippen LogP contribution in [0.5, 0.6) is 0 Å². The van der Waals surface area contributed by atoms with Gasteiger partial charge in [0.25, 0.3) is 0 Å². The Labute approximate surface area is 188 Å². The van der Waals surface area contributed by atoms with Crippen LogP contribution in [0.4, 0.5) is 11.8 Å². The quantitative estimate of drug-likeness (QED) is 0.311. The molecule has 0 aliphatic carbocycles. The molecule has 0 aliphatic rings. The molecule has 0 saturated heterocycles. The van der Waals surface area contributed by atoms with Gasteiger partial charge in [-0.05, 0) is 47.9 Å². The second-order valence-corrected chi connectivity index (χ2v) is 9.46. The van der Waals surface area contributed by atoms with Crippen LogP contribution in [0.1, 0.15) is 25.7 Å². The van der Waals surface area contributed by atoms with E-state index in [2.05, 4.69) is 20.0 Å². The molecule has 4 aromatic rings. The Balaban J connectivity index is 1.17. The maximum Gasteiger partial charge on any atom is 0.240 e. The first-order valence-corrected chi connectivity index (χ1v) is 12.3. The van der Waals surface area contributed by atoms with E-state index in [1.165, 1.54) is 0 Å². The van der Waals surface area contributed by atoms with Crippen molar-refractivity contribution in [3.05, 3.63) is 66.7 Å². The van der Waals surface area contributed by atoms with Crippen molar-refractivity contribution < 1.29 is 8.42 Å². The first-order chi connectivity index (χ1) is 15.5. The smallest absolute Gasteiger partial charge is 0.240 e. The minimum Gasteiger partial charge on any atom is -0.383 e. The predicted molar refractivity (Wildman–Crippen MR) is 130 cm³/mol. The van der Waals surface area contributed by atoms with E-state index >= 15 is 0 Å². The van der Waals surface area contributed by atoms with Gasteiger partial charge in [0.1, 0.15) is 5.82 Å². The summed E-state index contributed by atoms with van der Waals surface area (Å²) in [6.45, 7) is 1.16. The number of nitrogens with zero attached hydrogens (tertiary/aromatic N) is 2. The van der Waals surface area contributed by atoms with Crippen molar-refractivity contribution in [3.8, 4) is 0 Å². The van der Waals surface area contributed by atoms with Gasteiger partial charge in [-0.1, -0.05) is 55.3 Å². The van der Waals surface area contributed by atoms with Crippen molar-refractivity contribution in [1.29, 1.82) is 0 Å². The second kappa shape index (κ2) is 9.93. The number of nitrogens with one attached hydrogen (secondary N) is 2. The summed E-state index contributed by atoms with van der Waals surface area (Å²) in [7, 11) is -3.50. The van der Waals surface area contributed by atoms with Crippen molar-refractivity contribution in [2.75, 3.05) is 24.1 Å². The van der Waals surface area contributed by atoms with Crippen molar-refractivity contribution in [3.63, 3.8) is 0 Å². The summed E-state index contributed by atoms with van der Waals surface area (Å²) in [5, 5.41) is 6.01. The van der Waals surface area contributed by atoms with E-state index in [4.69, 9.17) is 5.73 Å². The van der Waals surface area contributed by atoms with Crippen molar-refractivity contribution in [1.82, 2.24) is 14.7 Å². The molecule has 0 bridgehead atoms. The van der Waals surface area contributed by atoms with E-state index in [-0.39, 0.29) is 0 Å². The number of sulfonamides is 1. The molecule has 166 valence electrons. The summed E-state index contributed by atoms with van der Waals surface area (Å²) >= 11 is 0. The molecular formula is C24H27N5O2S. The van der Waals surface area contributed by atoms with Crippen LogP contribution in [0.25, 0.3) is 21.7 Å². The minimum absolute atomic E-state index is 0.301. The van der Waals surface area contributed by atoms with Crippen LogP contribution in [0.3, 0.4) is 0 Å². The van der Waals surface area contributed by atoms with E-state index in [1.54, 1.807) is 12.1 Å². The van der Waals surface area contributed by atoms with E-state index in [1.807, 2.05) is 54.6 Å². The third kappa shape index (κ3) is 5.33. The topological polar surface area (TPSA) is 110 Å². The number of hydrogen-bond donors (Lipinski definition) is 3. The first kappa shape index (κ1) is 22.0. The zero-order valence-corrected chi connectivity index (χ0v) is 18.6. The molecule has 1 heterocycles. The highest BCUT2D eigenvalue weighted by atomic mass is 32.2. The summed E-state index contributed by atoms with van der Waals surface area (Å²) in [5.74, 6) is 1.00. The molecule has 3 aromatic carbocycles. The summed E-state index contributed by atoms with van der Waals surface area (Å²) in [5.41, 5.74) is 6.82. The van der Waals surface area contributed by atoms with Gasteiger partial charge in [-0.2, -0.15) is 4.98 Å². The average Bonchev–Trinajstić information content (AvgIpc) is 2.80. The molecule has 4 rings (SSSR count). The predicted octanol–water partition coefficient (Wildman–Crippen LogP) is 4.32. The third-order valence-electron chi connectivity index (χ3n) is 5.34. The Hall–Kier alpha value is -3.23. The molecule has 0 saturated carbocycles. The number of unbranched alkanes of at least 4 members (excludes halogenated alkanes) is 3. The average molecular weight is 450 g/mol. The van der Waals surface area contributed by atoms with Crippen molar-refractivity contribution in [2.24, 2.45) is 0 Å². The molecule has 0 aliphatic heterocycles. The van der Waals surface area contributed by atoms with Crippen LogP contribution in [0, 0.1) is 0 Å². The maximum absolute atomic E-state index is 12.5. The van der Waals surface area contributed by atoms with Gasteiger partial charge in [0.15, 0.2) is 0 Å². The van der Waals surface area contributed by atoms with Crippen LogP contribution >= 0.6 is 0 Å². The van der Waals surface area contributed by atoms with E-state index in [0.29, 0.717) is 23.2 Å². The largest absolute Gasteiger partial charge is 0.383 e. The lowest BCUT2D eigenvalue weighted by molar-refractivity contribution is 0.573. The lowest BCUT2D eigenvalue weighted by Crippen LogP contribution is -2.24. The van der Waals surface area contributed by atoms with E-state index in [9.17, 15) is 8.42 Å². The number of anilines is 2. The fourth-order valence-corrected chi connectivity index (χ4v) is 4.72. The summed E-state index contributed by atoms with van der Waals surface area (Å²) in [6.07, 6.45) is 3.64. The SMILES string of the molecule is Nc1nc(NCCCCCCNS(=O)(=O)c2ccc3ccccc3c2)nc2ccccc12. The highest BCUT2D eigenvalue weighted by Gasteiger charge is 2.13. The van der Waals surface area contributed by atoms with Crippen LogP contribution in [-0.2, 0) is 10.0 Å². The van der Waals surface area contributed by atoms with Crippen molar-refractivity contribution >= 4 is 43.5 Å². The van der Waals surface area contributed by atoms with Gasteiger partial charge in [0, 0.05) is 18.5 Å². The van der Waals surface area contributed by atoms with Crippen LogP contribution in [0.15, 0.2) is 71.6 Å². The lowest BCUT2D eigenvalue weighted by Gasteiger charge is -2.09. The molecule has 0 fully saturated rings. The highest BCUT2D eigenvalue weighted by Crippen LogP contribution is 2.20. The van der Waals surface area contributed by atoms with Gasteiger partial charge in [0.05, 0.1) is 10.4 Å². The number of para-hydroxylation sites is 1. The molecule has 8 heteroatoms. The molecular weight excluding hydrogens is 422 g/mol. The Bertz CT molecular complexity index is 1320. The Morgan fingerprint density at radius 2 is 1.50 bits per heavy atom. The fraction of sp³-hybridized carbons (Fsp3) is 0.250. The summed E-state index contributed by atoms with van der Waals surface area (Å²) < 4.78 is 27.8. The minimum atomic E-state index is -3.50. The molecule has 7 nitrogen and oxygen atoms in total. The van der Waals surface area contributed by atoms with Gasteiger partial charge < -0.3 is 11.1 Å². The van der Waals surface area contributed by atoms with E-state index in [0.717, 1.165) is 53.9 Å². The van der Waals surface area contributed by atoms with Crippen LogP contribution in [-0.4, -0.2) is 31.5 Å². The number of fused-ring (bicyclic) bond motifs is 2. The number of nitrogens with two attached hydrogens (primary N) is 1. The summed E-state index contributed by atoms with van der Waals surface area (Å²) in [4.78, 5) is 9.08. The standard InChI is InChI=1S/C24H27N5O2S/c25-23-21-11-5-6-12-22(21)28-24(29-23)26-15-7-1-2-8-16-27-32(30,31)20-14-13-18-9-3-4-10-19(18)17-20/h3-6,9-14,17,27H,1-2,7-8,15-16H2,(H3,25,26,28,29).